The minimum absolute atomic E-state index is 0.126. The second-order valence-corrected chi connectivity index (χ2v) is 5.20. The molecule has 0 aromatic carbocycles. The largest absolute Gasteiger partial charge is 0.464 e. The zero-order valence-corrected chi connectivity index (χ0v) is 13.3. The summed E-state index contributed by atoms with van der Waals surface area (Å²) in [6.45, 7) is 6.07. The van der Waals surface area contributed by atoms with Gasteiger partial charge in [-0.25, -0.2) is 0 Å². The van der Waals surface area contributed by atoms with Gasteiger partial charge in [0.1, 0.15) is 6.10 Å². The number of ether oxygens (including phenoxy) is 1. The van der Waals surface area contributed by atoms with Gasteiger partial charge in [0, 0.05) is 12.3 Å². The van der Waals surface area contributed by atoms with Crippen molar-refractivity contribution in [3.63, 3.8) is 0 Å². The molecular weight excluding hydrogens is 268 g/mol. The van der Waals surface area contributed by atoms with Crippen molar-refractivity contribution in [2.45, 2.75) is 65.1 Å². The van der Waals surface area contributed by atoms with Crippen molar-refractivity contribution in [2.24, 2.45) is 5.92 Å². The lowest BCUT2D eigenvalue weighted by atomic mass is 9.98. The molecule has 0 amide bonds. The fourth-order valence-electron chi connectivity index (χ4n) is 1.96. The molecule has 0 saturated heterocycles. The summed E-state index contributed by atoms with van der Waals surface area (Å²) in [5, 5.41) is 9.71. The van der Waals surface area contributed by atoms with Gasteiger partial charge in [-0.15, -0.1) is 0 Å². The lowest BCUT2D eigenvalue weighted by Crippen LogP contribution is -2.22. The summed E-state index contributed by atoms with van der Waals surface area (Å²) >= 11 is 0. The first-order valence-corrected chi connectivity index (χ1v) is 7.67. The van der Waals surface area contributed by atoms with Gasteiger partial charge in [0.25, 0.3) is 6.47 Å². The van der Waals surface area contributed by atoms with Crippen LogP contribution in [-0.2, 0) is 14.3 Å². The van der Waals surface area contributed by atoms with Crippen LogP contribution in [0.3, 0.4) is 0 Å². The molecule has 0 unspecified atom stereocenters. The summed E-state index contributed by atoms with van der Waals surface area (Å²) in [4.78, 5) is 22.3. The monoisotopic (exact) mass is 296 g/mol. The third-order valence-corrected chi connectivity index (χ3v) is 3.41. The number of aliphatic hydroxyl groups is 1. The molecule has 120 valence electrons. The maximum atomic E-state index is 11.9. The van der Waals surface area contributed by atoms with Gasteiger partial charge in [-0.2, -0.15) is 0 Å². The molecule has 0 spiro atoms. The molecule has 0 fully saturated rings. The molecule has 0 radical (unpaired) electrons. The van der Waals surface area contributed by atoms with Crippen molar-refractivity contribution in [3.05, 3.63) is 24.3 Å². The van der Waals surface area contributed by atoms with Crippen LogP contribution in [0.2, 0.25) is 0 Å². The third kappa shape index (κ3) is 9.19. The summed E-state index contributed by atoms with van der Waals surface area (Å²) in [5.41, 5.74) is 0. The van der Waals surface area contributed by atoms with E-state index in [9.17, 15) is 14.7 Å². The first kappa shape index (κ1) is 19.6. The van der Waals surface area contributed by atoms with E-state index in [2.05, 4.69) is 6.92 Å². The number of allylic oxidation sites excluding steroid dienone is 2. The van der Waals surface area contributed by atoms with Crippen molar-refractivity contribution >= 4 is 12.3 Å². The number of hydrogen-bond donors (Lipinski definition) is 1. The molecule has 0 aromatic rings. The van der Waals surface area contributed by atoms with Crippen LogP contribution in [0.15, 0.2) is 24.3 Å². The molecule has 0 saturated carbocycles. The maximum absolute atomic E-state index is 11.9. The lowest BCUT2D eigenvalue weighted by molar-refractivity contribution is -0.133. The highest BCUT2D eigenvalue weighted by molar-refractivity contribution is 5.92. The van der Waals surface area contributed by atoms with Crippen LogP contribution in [0.25, 0.3) is 0 Å². The standard InChI is InChI=1S/C17H28O4/c1-4-6-7-10-15(21-13-18)11-8-12-17(20)14(3)16(19)9-5-2/h5,8-9,12-16,19H,4,6-7,10-11H2,1-3H3/b9-5+,12-8+/t14-,15+,16-/m1/s1. The van der Waals surface area contributed by atoms with Crippen molar-refractivity contribution in [2.75, 3.05) is 0 Å². The molecule has 0 heterocycles. The number of unbranched alkanes of at least 4 members (excludes halogenated alkanes) is 2. The first-order chi connectivity index (χ1) is 10.1. The average molecular weight is 296 g/mol. The molecule has 0 aromatic heterocycles. The van der Waals surface area contributed by atoms with E-state index in [1.165, 1.54) is 6.08 Å². The van der Waals surface area contributed by atoms with E-state index in [0.717, 1.165) is 25.7 Å². The summed E-state index contributed by atoms with van der Waals surface area (Å²) in [7, 11) is 0. The minimum atomic E-state index is -0.765. The zero-order chi connectivity index (χ0) is 16.1. The quantitative estimate of drug-likeness (QED) is 0.260. The fourth-order valence-corrected chi connectivity index (χ4v) is 1.96. The van der Waals surface area contributed by atoms with Gasteiger partial charge >= 0.3 is 0 Å². The van der Waals surface area contributed by atoms with E-state index < -0.39 is 12.0 Å². The van der Waals surface area contributed by atoms with Gasteiger partial charge in [-0.1, -0.05) is 44.9 Å². The predicted molar refractivity (Wildman–Crippen MR) is 83.8 cm³/mol. The second kappa shape index (κ2) is 12.3. The Hall–Kier alpha value is -1.42. The van der Waals surface area contributed by atoms with Gasteiger partial charge in [-0.3, -0.25) is 9.59 Å². The molecule has 21 heavy (non-hydrogen) atoms. The number of aliphatic hydroxyl groups excluding tert-OH is 1. The molecule has 0 aliphatic rings. The van der Waals surface area contributed by atoms with Crippen LogP contribution < -0.4 is 0 Å². The zero-order valence-electron chi connectivity index (χ0n) is 13.3. The van der Waals surface area contributed by atoms with Gasteiger partial charge in [0.05, 0.1) is 6.10 Å². The minimum Gasteiger partial charge on any atom is -0.464 e. The Labute approximate surface area is 127 Å². The molecule has 4 nitrogen and oxygen atoms in total. The molecule has 1 N–H and O–H groups in total. The van der Waals surface area contributed by atoms with Gasteiger partial charge in [0.15, 0.2) is 5.78 Å². The third-order valence-electron chi connectivity index (χ3n) is 3.41. The normalized spacial score (nSPS) is 16.0. The Morgan fingerprint density at radius 2 is 2.05 bits per heavy atom. The maximum Gasteiger partial charge on any atom is 0.293 e. The number of carbonyl (C=O) groups excluding carboxylic acids is 2. The van der Waals surface area contributed by atoms with E-state index >= 15 is 0 Å². The van der Waals surface area contributed by atoms with Crippen LogP contribution >= 0.6 is 0 Å². The second-order valence-electron chi connectivity index (χ2n) is 5.20. The van der Waals surface area contributed by atoms with E-state index in [-0.39, 0.29) is 11.9 Å². The molecule has 0 aliphatic carbocycles. The topological polar surface area (TPSA) is 63.6 Å². The summed E-state index contributed by atoms with van der Waals surface area (Å²) < 4.78 is 5.01. The van der Waals surface area contributed by atoms with Crippen LogP contribution in [0.5, 0.6) is 0 Å². The predicted octanol–water partition coefficient (Wildman–Crippen LogP) is 3.20. The van der Waals surface area contributed by atoms with E-state index in [1.807, 2.05) is 0 Å². The van der Waals surface area contributed by atoms with Crippen molar-refractivity contribution in [1.82, 2.24) is 0 Å². The van der Waals surface area contributed by atoms with Gasteiger partial charge in [0.2, 0.25) is 0 Å². The molecule has 0 aliphatic heterocycles. The van der Waals surface area contributed by atoms with Crippen LogP contribution in [0.4, 0.5) is 0 Å². The average Bonchev–Trinajstić information content (AvgIpc) is 2.46. The number of ketones is 1. The molecule has 0 rings (SSSR count). The van der Waals surface area contributed by atoms with Gasteiger partial charge in [-0.05, 0) is 25.8 Å². The highest BCUT2D eigenvalue weighted by atomic mass is 16.5. The van der Waals surface area contributed by atoms with Crippen LogP contribution in [0.1, 0.15) is 52.9 Å². The highest BCUT2D eigenvalue weighted by Crippen LogP contribution is 2.12. The van der Waals surface area contributed by atoms with Gasteiger partial charge < -0.3 is 9.84 Å². The van der Waals surface area contributed by atoms with Crippen LogP contribution in [0, 0.1) is 5.92 Å². The van der Waals surface area contributed by atoms with Crippen molar-refractivity contribution in [3.8, 4) is 0 Å². The summed E-state index contributed by atoms with van der Waals surface area (Å²) in [6.07, 6.45) is 10.1. The Morgan fingerprint density at radius 3 is 2.62 bits per heavy atom. The SMILES string of the molecule is C/C=C/[C@@H](O)[C@@H](C)C(=O)/C=C/C[C@H](CCCCC)OC=O. The van der Waals surface area contributed by atoms with E-state index in [1.54, 1.807) is 32.1 Å². The smallest absolute Gasteiger partial charge is 0.293 e. The molecule has 4 heteroatoms. The summed E-state index contributed by atoms with van der Waals surface area (Å²) in [5.74, 6) is -0.595. The van der Waals surface area contributed by atoms with Crippen molar-refractivity contribution in [1.29, 1.82) is 0 Å². The Morgan fingerprint density at radius 1 is 1.33 bits per heavy atom. The van der Waals surface area contributed by atoms with E-state index in [4.69, 9.17) is 4.74 Å². The number of hydrogen-bond acceptors (Lipinski definition) is 4. The Kier molecular flexibility index (Phi) is 11.5. The fraction of sp³-hybridized carbons (Fsp3) is 0.647. The number of carbonyl (C=O) groups is 2. The Balaban J connectivity index is 4.29. The highest BCUT2D eigenvalue weighted by Gasteiger charge is 2.17. The van der Waals surface area contributed by atoms with Crippen LogP contribution in [-0.4, -0.2) is 29.6 Å². The van der Waals surface area contributed by atoms with Crippen molar-refractivity contribution < 1.29 is 19.4 Å². The lowest BCUT2D eigenvalue weighted by Gasteiger charge is -2.13. The molecular formula is C17H28O4. The number of rotatable bonds is 12. The molecule has 0 bridgehead atoms. The van der Waals surface area contributed by atoms with E-state index in [0.29, 0.717) is 12.9 Å². The summed E-state index contributed by atoms with van der Waals surface area (Å²) in [6, 6.07) is 0. The Bertz CT molecular complexity index is 347. The molecule has 3 atom stereocenters. The first-order valence-electron chi connectivity index (χ1n) is 7.67.